The molecule has 2 heterocycles. The van der Waals surface area contributed by atoms with Crippen molar-refractivity contribution in [1.82, 2.24) is 15.6 Å². The molecular formula is C21H30N4O3. The van der Waals surface area contributed by atoms with Crippen molar-refractivity contribution in [2.45, 2.75) is 33.2 Å². The molecule has 1 unspecified atom stereocenters. The molecule has 1 atom stereocenters. The maximum atomic E-state index is 9.38. The van der Waals surface area contributed by atoms with Crippen LogP contribution in [0.15, 0.2) is 39.9 Å². The first kappa shape index (κ1) is 20.4. The Morgan fingerprint density at radius 2 is 2.11 bits per heavy atom. The summed E-state index contributed by atoms with van der Waals surface area (Å²) in [6, 6.07) is 8.09. The van der Waals surface area contributed by atoms with E-state index in [1.165, 1.54) is 5.56 Å². The fraction of sp³-hybridized carbons (Fsp3) is 0.524. The smallest absolute Gasteiger partial charge is 0.226 e. The van der Waals surface area contributed by atoms with Gasteiger partial charge in [0, 0.05) is 37.3 Å². The van der Waals surface area contributed by atoms with E-state index in [1.54, 1.807) is 6.26 Å². The Hall–Kier alpha value is -2.38. The second-order valence-electron chi connectivity index (χ2n) is 7.33. The van der Waals surface area contributed by atoms with E-state index in [0.717, 1.165) is 43.2 Å². The van der Waals surface area contributed by atoms with Crippen LogP contribution in [0, 0.1) is 12.3 Å². The van der Waals surface area contributed by atoms with E-state index in [4.69, 9.17) is 9.15 Å². The highest BCUT2D eigenvalue weighted by atomic mass is 16.5. The molecule has 7 heteroatoms. The van der Waals surface area contributed by atoms with Crippen molar-refractivity contribution in [3.8, 4) is 11.5 Å². The molecule has 0 spiro atoms. The number of aliphatic imine (C=N–C) groups is 1. The number of guanidine groups is 1. The summed E-state index contributed by atoms with van der Waals surface area (Å²) < 4.78 is 11.2. The van der Waals surface area contributed by atoms with Gasteiger partial charge in [0.25, 0.3) is 0 Å². The summed E-state index contributed by atoms with van der Waals surface area (Å²) in [4.78, 5) is 9.17. The molecule has 1 aromatic heterocycles. The minimum atomic E-state index is -0.0303. The van der Waals surface area contributed by atoms with E-state index >= 15 is 0 Å². The molecule has 0 amide bonds. The van der Waals surface area contributed by atoms with Gasteiger partial charge in [0.15, 0.2) is 5.96 Å². The minimum Gasteiger partial charge on any atom is -0.444 e. The zero-order chi connectivity index (χ0) is 19.8. The van der Waals surface area contributed by atoms with Crippen molar-refractivity contribution in [3.63, 3.8) is 0 Å². The number of aryl methyl sites for hydroxylation is 1. The molecule has 152 valence electrons. The van der Waals surface area contributed by atoms with Gasteiger partial charge in [-0.1, -0.05) is 17.7 Å². The molecule has 3 rings (SSSR count). The number of aromatic nitrogens is 1. The SMILES string of the molecule is CCNC(=NCc1coc(-c2ccc(C)cc2)n1)NCC1(CCO)CCOC1. The number of nitrogens with one attached hydrogen (secondary N) is 2. The van der Waals surface area contributed by atoms with E-state index in [0.29, 0.717) is 25.6 Å². The van der Waals surface area contributed by atoms with Gasteiger partial charge in [-0.3, -0.25) is 0 Å². The monoisotopic (exact) mass is 386 g/mol. The Bertz CT molecular complexity index is 764. The van der Waals surface area contributed by atoms with Gasteiger partial charge in [0.1, 0.15) is 12.0 Å². The normalized spacial score (nSPS) is 19.8. The molecule has 28 heavy (non-hydrogen) atoms. The number of aliphatic hydroxyl groups excluding tert-OH is 1. The van der Waals surface area contributed by atoms with Gasteiger partial charge in [-0.05, 0) is 38.8 Å². The average Bonchev–Trinajstić information content (AvgIpc) is 3.35. The maximum absolute atomic E-state index is 9.38. The van der Waals surface area contributed by atoms with Crippen LogP contribution in [0.5, 0.6) is 0 Å². The molecule has 1 fully saturated rings. The maximum Gasteiger partial charge on any atom is 0.226 e. The number of ether oxygens (including phenoxy) is 1. The van der Waals surface area contributed by atoms with E-state index in [1.807, 2.05) is 31.2 Å². The highest BCUT2D eigenvalue weighted by Crippen LogP contribution is 2.31. The van der Waals surface area contributed by atoms with Crippen molar-refractivity contribution in [3.05, 3.63) is 41.8 Å². The summed E-state index contributed by atoms with van der Waals surface area (Å²) in [6.07, 6.45) is 3.33. The number of rotatable bonds is 8. The molecule has 1 aromatic carbocycles. The van der Waals surface area contributed by atoms with Crippen LogP contribution in [0.25, 0.3) is 11.5 Å². The minimum absolute atomic E-state index is 0.0303. The van der Waals surface area contributed by atoms with E-state index in [-0.39, 0.29) is 12.0 Å². The quantitative estimate of drug-likeness (QED) is 0.477. The fourth-order valence-electron chi connectivity index (χ4n) is 3.29. The molecule has 0 radical (unpaired) electrons. The Balaban J connectivity index is 1.62. The zero-order valence-corrected chi connectivity index (χ0v) is 16.7. The summed E-state index contributed by atoms with van der Waals surface area (Å²) in [7, 11) is 0. The third-order valence-electron chi connectivity index (χ3n) is 5.05. The number of aliphatic hydroxyl groups is 1. The van der Waals surface area contributed by atoms with Gasteiger partial charge in [0.2, 0.25) is 5.89 Å². The van der Waals surface area contributed by atoms with Crippen LogP contribution < -0.4 is 10.6 Å². The van der Waals surface area contributed by atoms with Crippen molar-refractivity contribution in [2.75, 3.05) is 32.9 Å². The van der Waals surface area contributed by atoms with Crippen LogP contribution in [-0.2, 0) is 11.3 Å². The second kappa shape index (κ2) is 9.71. The first-order chi connectivity index (χ1) is 13.6. The molecule has 0 aliphatic carbocycles. The summed E-state index contributed by atoms with van der Waals surface area (Å²) in [5, 5.41) is 16.0. The van der Waals surface area contributed by atoms with Gasteiger partial charge in [-0.15, -0.1) is 0 Å². The first-order valence-electron chi connectivity index (χ1n) is 9.86. The van der Waals surface area contributed by atoms with Gasteiger partial charge in [0.05, 0.1) is 13.2 Å². The van der Waals surface area contributed by atoms with Gasteiger partial charge in [-0.2, -0.15) is 0 Å². The lowest BCUT2D eigenvalue weighted by atomic mass is 9.84. The number of oxazole rings is 1. The third kappa shape index (κ3) is 5.33. The summed E-state index contributed by atoms with van der Waals surface area (Å²) in [6.45, 7) is 7.57. The fourth-order valence-corrected chi connectivity index (χ4v) is 3.29. The average molecular weight is 386 g/mol. The lowest BCUT2D eigenvalue weighted by Gasteiger charge is -2.27. The predicted octanol–water partition coefficient (Wildman–Crippen LogP) is 2.49. The number of nitrogens with zero attached hydrogens (tertiary/aromatic N) is 2. The lowest BCUT2D eigenvalue weighted by Crippen LogP contribution is -2.44. The van der Waals surface area contributed by atoms with Crippen LogP contribution in [0.2, 0.25) is 0 Å². The topological polar surface area (TPSA) is 91.9 Å². The van der Waals surface area contributed by atoms with Gasteiger partial charge >= 0.3 is 0 Å². The lowest BCUT2D eigenvalue weighted by molar-refractivity contribution is 0.127. The van der Waals surface area contributed by atoms with Crippen LogP contribution in [0.1, 0.15) is 31.0 Å². The Labute approximate surface area is 166 Å². The summed E-state index contributed by atoms with van der Waals surface area (Å²) in [5.74, 6) is 1.33. The highest BCUT2D eigenvalue weighted by Gasteiger charge is 2.34. The number of benzene rings is 1. The molecule has 1 aliphatic rings. The summed E-state index contributed by atoms with van der Waals surface area (Å²) in [5.41, 5.74) is 2.91. The second-order valence-corrected chi connectivity index (χ2v) is 7.33. The van der Waals surface area contributed by atoms with Crippen molar-refractivity contribution >= 4 is 5.96 Å². The highest BCUT2D eigenvalue weighted by molar-refractivity contribution is 5.79. The first-order valence-corrected chi connectivity index (χ1v) is 9.86. The van der Waals surface area contributed by atoms with Crippen LogP contribution in [-0.4, -0.2) is 49.0 Å². The van der Waals surface area contributed by atoms with Crippen molar-refractivity contribution < 1.29 is 14.3 Å². The number of hydrogen-bond donors (Lipinski definition) is 3. The molecule has 1 saturated heterocycles. The third-order valence-corrected chi connectivity index (χ3v) is 5.05. The molecule has 0 bridgehead atoms. The van der Waals surface area contributed by atoms with Crippen molar-refractivity contribution in [2.24, 2.45) is 10.4 Å². The largest absolute Gasteiger partial charge is 0.444 e. The molecule has 1 aliphatic heterocycles. The summed E-state index contributed by atoms with van der Waals surface area (Å²) >= 11 is 0. The molecule has 7 nitrogen and oxygen atoms in total. The molecule has 0 saturated carbocycles. The Kier molecular flexibility index (Phi) is 7.06. The molecule has 3 N–H and O–H groups in total. The standard InChI is InChI=1S/C21H30N4O3/c1-3-22-20(24-14-21(8-10-26)9-11-27-15-21)23-12-18-13-28-19(25-18)17-6-4-16(2)5-7-17/h4-7,13,26H,3,8-12,14-15H2,1-2H3,(H2,22,23,24). The van der Waals surface area contributed by atoms with Crippen LogP contribution in [0.4, 0.5) is 0 Å². The molecule has 2 aromatic rings. The van der Waals surface area contributed by atoms with Gasteiger partial charge < -0.3 is 24.9 Å². The Morgan fingerprint density at radius 3 is 2.79 bits per heavy atom. The molecular weight excluding hydrogens is 356 g/mol. The zero-order valence-electron chi connectivity index (χ0n) is 16.7. The Morgan fingerprint density at radius 1 is 1.29 bits per heavy atom. The predicted molar refractivity (Wildman–Crippen MR) is 109 cm³/mol. The van der Waals surface area contributed by atoms with Crippen molar-refractivity contribution in [1.29, 1.82) is 0 Å². The van der Waals surface area contributed by atoms with Gasteiger partial charge in [-0.25, -0.2) is 9.98 Å². The number of hydrogen-bond acceptors (Lipinski definition) is 5. The van der Waals surface area contributed by atoms with E-state index < -0.39 is 0 Å². The van der Waals surface area contributed by atoms with Crippen LogP contribution >= 0.6 is 0 Å². The van der Waals surface area contributed by atoms with E-state index in [9.17, 15) is 5.11 Å². The van der Waals surface area contributed by atoms with Crippen LogP contribution in [0.3, 0.4) is 0 Å². The van der Waals surface area contributed by atoms with E-state index in [2.05, 4.69) is 27.5 Å².